The van der Waals surface area contributed by atoms with Gasteiger partial charge in [0.05, 0.1) is 17.4 Å². The van der Waals surface area contributed by atoms with Crippen LogP contribution < -0.4 is 5.56 Å². The third kappa shape index (κ3) is 3.13. The van der Waals surface area contributed by atoms with Crippen molar-refractivity contribution in [3.05, 3.63) is 89.0 Å². The second-order valence-electron chi connectivity index (χ2n) is 5.95. The van der Waals surface area contributed by atoms with Crippen LogP contribution in [0.5, 0.6) is 0 Å². The molecule has 0 atom stereocenters. The maximum Gasteiger partial charge on any atom is 0.261 e. The molecule has 128 valence electrons. The number of thioether (sulfide) groups is 1. The van der Waals surface area contributed by atoms with E-state index in [-0.39, 0.29) is 5.56 Å². The molecule has 2 aromatic heterocycles. The van der Waals surface area contributed by atoms with E-state index in [9.17, 15) is 4.79 Å². The zero-order valence-electron chi connectivity index (χ0n) is 14.3. The highest BCUT2D eigenvalue weighted by atomic mass is 32.2. The molecule has 2 aromatic carbocycles. The molecule has 0 aliphatic carbocycles. The molecule has 0 N–H and O–H groups in total. The van der Waals surface area contributed by atoms with E-state index in [2.05, 4.69) is 9.97 Å². The van der Waals surface area contributed by atoms with E-state index in [0.717, 1.165) is 16.7 Å². The molecule has 0 aliphatic rings. The number of rotatable bonds is 4. The van der Waals surface area contributed by atoms with Gasteiger partial charge in [-0.05, 0) is 17.4 Å². The highest BCUT2D eigenvalue weighted by Crippen LogP contribution is 2.26. The smallest absolute Gasteiger partial charge is 0.261 e. The SMILES string of the molecule is CSc1ncc2c(=O)n(Cc3ccccc3)cc(-c3ccccc3)c2n1. The van der Waals surface area contributed by atoms with Crippen LogP contribution in [-0.2, 0) is 6.54 Å². The van der Waals surface area contributed by atoms with Gasteiger partial charge in [0, 0.05) is 18.0 Å². The van der Waals surface area contributed by atoms with E-state index in [1.807, 2.05) is 73.1 Å². The van der Waals surface area contributed by atoms with Crippen molar-refractivity contribution >= 4 is 22.7 Å². The quantitative estimate of drug-likeness (QED) is 0.404. The van der Waals surface area contributed by atoms with Crippen LogP contribution in [0.15, 0.2) is 83.0 Å². The van der Waals surface area contributed by atoms with Gasteiger partial charge in [0.2, 0.25) is 0 Å². The van der Waals surface area contributed by atoms with Crippen molar-refractivity contribution in [2.45, 2.75) is 11.7 Å². The molecule has 4 nitrogen and oxygen atoms in total. The number of benzene rings is 2. The Kier molecular flexibility index (Phi) is 4.54. The summed E-state index contributed by atoms with van der Waals surface area (Å²) in [4.78, 5) is 21.9. The van der Waals surface area contributed by atoms with E-state index in [0.29, 0.717) is 22.6 Å². The summed E-state index contributed by atoms with van der Waals surface area (Å²) in [5.41, 5.74) is 3.68. The second-order valence-corrected chi connectivity index (χ2v) is 6.72. The molecular weight excluding hydrogens is 342 g/mol. The Morgan fingerprint density at radius 2 is 1.69 bits per heavy atom. The van der Waals surface area contributed by atoms with Crippen molar-refractivity contribution in [2.24, 2.45) is 0 Å². The summed E-state index contributed by atoms with van der Waals surface area (Å²) >= 11 is 1.47. The Morgan fingerprint density at radius 1 is 1.00 bits per heavy atom. The minimum absolute atomic E-state index is 0.0730. The third-order valence-electron chi connectivity index (χ3n) is 4.26. The molecule has 4 rings (SSSR count). The first-order chi connectivity index (χ1) is 12.8. The van der Waals surface area contributed by atoms with E-state index >= 15 is 0 Å². The van der Waals surface area contributed by atoms with Crippen LogP contribution in [-0.4, -0.2) is 20.8 Å². The summed E-state index contributed by atoms with van der Waals surface area (Å²) < 4.78 is 1.74. The topological polar surface area (TPSA) is 47.8 Å². The normalized spacial score (nSPS) is 11.0. The van der Waals surface area contributed by atoms with Crippen molar-refractivity contribution in [2.75, 3.05) is 6.26 Å². The molecule has 0 spiro atoms. The van der Waals surface area contributed by atoms with E-state index < -0.39 is 0 Å². The van der Waals surface area contributed by atoms with E-state index in [1.54, 1.807) is 10.8 Å². The lowest BCUT2D eigenvalue weighted by molar-refractivity contribution is 0.767. The lowest BCUT2D eigenvalue weighted by Crippen LogP contribution is -2.21. The van der Waals surface area contributed by atoms with Crippen LogP contribution in [0, 0.1) is 0 Å². The first kappa shape index (κ1) is 16.5. The Labute approximate surface area is 155 Å². The average Bonchev–Trinajstić information content (AvgIpc) is 2.71. The van der Waals surface area contributed by atoms with Crippen molar-refractivity contribution in [3.8, 4) is 11.1 Å². The Hall–Kier alpha value is -2.92. The highest BCUT2D eigenvalue weighted by molar-refractivity contribution is 7.98. The lowest BCUT2D eigenvalue weighted by Gasteiger charge is -2.12. The summed E-state index contributed by atoms with van der Waals surface area (Å²) in [5.74, 6) is 0. The zero-order chi connectivity index (χ0) is 17.9. The first-order valence-corrected chi connectivity index (χ1v) is 9.52. The van der Waals surface area contributed by atoms with Gasteiger partial charge in [-0.3, -0.25) is 4.79 Å². The molecule has 4 aromatic rings. The van der Waals surface area contributed by atoms with Crippen LogP contribution in [0.2, 0.25) is 0 Å². The molecule has 2 heterocycles. The molecular formula is C21H17N3OS. The van der Waals surface area contributed by atoms with Crippen LogP contribution in [0.3, 0.4) is 0 Å². The second kappa shape index (κ2) is 7.14. The Balaban J connectivity index is 1.97. The van der Waals surface area contributed by atoms with Crippen molar-refractivity contribution in [1.29, 1.82) is 0 Å². The third-order valence-corrected chi connectivity index (χ3v) is 4.82. The molecule has 0 unspecified atom stereocenters. The van der Waals surface area contributed by atoms with Crippen molar-refractivity contribution in [1.82, 2.24) is 14.5 Å². The number of nitrogens with zero attached hydrogens (tertiary/aromatic N) is 3. The molecule has 5 heteroatoms. The largest absolute Gasteiger partial charge is 0.310 e. The fourth-order valence-electron chi connectivity index (χ4n) is 2.98. The lowest BCUT2D eigenvalue weighted by atomic mass is 10.0. The van der Waals surface area contributed by atoms with Gasteiger partial charge >= 0.3 is 0 Å². The molecule has 0 amide bonds. The van der Waals surface area contributed by atoms with E-state index in [1.165, 1.54) is 11.8 Å². The standard InChI is InChI=1S/C21H17N3OS/c1-26-21-22-12-17-19(23-21)18(16-10-6-3-7-11-16)14-24(20(17)25)13-15-8-4-2-5-9-15/h2-12,14H,13H2,1H3. The van der Waals surface area contributed by atoms with Crippen LogP contribution in [0.25, 0.3) is 22.0 Å². The van der Waals surface area contributed by atoms with Crippen LogP contribution in [0.4, 0.5) is 0 Å². The van der Waals surface area contributed by atoms with Crippen molar-refractivity contribution < 1.29 is 0 Å². The van der Waals surface area contributed by atoms with Gasteiger partial charge in [-0.2, -0.15) is 0 Å². The minimum Gasteiger partial charge on any atom is -0.310 e. The average molecular weight is 359 g/mol. The van der Waals surface area contributed by atoms with Gasteiger partial charge in [-0.25, -0.2) is 9.97 Å². The fourth-order valence-corrected chi connectivity index (χ4v) is 3.32. The summed E-state index contributed by atoms with van der Waals surface area (Å²) in [6, 6.07) is 20.0. The van der Waals surface area contributed by atoms with Crippen molar-refractivity contribution in [3.63, 3.8) is 0 Å². The Bertz CT molecular complexity index is 1110. The Morgan fingerprint density at radius 3 is 2.38 bits per heavy atom. The van der Waals surface area contributed by atoms with Gasteiger partial charge < -0.3 is 4.57 Å². The predicted octanol–water partition coefficient (Wildman–Crippen LogP) is 4.23. The summed E-state index contributed by atoms with van der Waals surface area (Å²) in [7, 11) is 0. The number of pyridine rings is 1. The minimum atomic E-state index is -0.0730. The monoisotopic (exact) mass is 359 g/mol. The van der Waals surface area contributed by atoms with Gasteiger partial charge in [-0.15, -0.1) is 0 Å². The molecule has 0 radical (unpaired) electrons. The number of fused-ring (bicyclic) bond motifs is 1. The summed E-state index contributed by atoms with van der Waals surface area (Å²) in [5, 5.41) is 1.20. The van der Waals surface area contributed by atoms with E-state index in [4.69, 9.17) is 0 Å². The summed E-state index contributed by atoms with van der Waals surface area (Å²) in [6.07, 6.45) is 5.48. The number of aromatic nitrogens is 3. The molecule has 0 fully saturated rings. The molecule has 0 aliphatic heterocycles. The first-order valence-electron chi connectivity index (χ1n) is 8.30. The maximum atomic E-state index is 13.0. The highest BCUT2D eigenvalue weighted by Gasteiger charge is 2.13. The predicted molar refractivity (Wildman–Crippen MR) is 107 cm³/mol. The van der Waals surface area contributed by atoms with Gasteiger partial charge in [0.25, 0.3) is 5.56 Å². The van der Waals surface area contributed by atoms with Crippen LogP contribution >= 0.6 is 11.8 Å². The molecule has 0 saturated carbocycles. The van der Waals surface area contributed by atoms with Crippen LogP contribution in [0.1, 0.15) is 5.56 Å². The van der Waals surface area contributed by atoms with Gasteiger partial charge in [-0.1, -0.05) is 72.4 Å². The number of hydrogen-bond donors (Lipinski definition) is 0. The zero-order valence-corrected chi connectivity index (χ0v) is 15.1. The number of hydrogen-bond acceptors (Lipinski definition) is 4. The maximum absolute atomic E-state index is 13.0. The molecule has 26 heavy (non-hydrogen) atoms. The fraction of sp³-hybridized carbons (Fsp3) is 0.0952. The molecule has 0 saturated heterocycles. The molecule has 0 bridgehead atoms. The van der Waals surface area contributed by atoms with Gasteiger partial charge in [0.15, 0.2) is 5.16 Å². The summed E-state index contributed by atoms with van der Waals surface area (Å²) in [6.45, 7) is 0.514. The van der Waals surface area contributed by atoms with Gasteiger partial charge in [0.1, 0.15) is 0 Å².